The van der Waals surface area contributed by atoms with Crippen molar-refractivity contribution in [2.45, 2.75) is 13.5 Å². The Bertz CT molecular complexity index is 1290. The first-order chi connectivity index (χ1) is 15.6. The number of carbonyl (C=O) groups excluding carboxylic acids is 1. The third-order valence-electron chi connectivity index (χ3n) is 5.69. The lowest BCUT2D eigenvalue weighted by molar-refractivity contribution is -0.123. The summed E-state index contributed by atoms with van der Waals surface area (Å²) in [5.41, 5.74) is 3.22. The van der Waals surface area contributed by atoms with Crippen LogP contribution in [0.4, 0.5) is 5.82 Å². The number of para-hydroxylation sites is 1. The second kappa shape index (κ2) is 8.36. The van der Waals surface area contributed by atoms with Crippen LogP contribution in [-0.2, 0) is 11.3 Å². The van der Waals surface area contributed by atoms with E-state index in [9.17, 15) is 9.90 Å². The zero-order valence-electron chi connectivity index (χ0n) is 17.7. The number of hydrogen-bond acceptors (Lipinski definition) is 6. The SMILES string of the molecule is Cc1ccc2c(N(Cc3cccnc3)C(=O)C3CNC3)nc(-c3ccccc3O)nc2c1. The third-order valence-corrected chi connectivity index (χ3v) is 5.69. The van der Waals surface area contributed by atoms with Gasteiger partial charge in [-0.3, -0.25) is 14.7 Å². The second-order valence-corrected chi connectivity index (χ2v) is 8.05. The topological polar surface area (TPSA) is 91.2 Å². The average Bonchev–Trinajstić information content (AvgIpc) is 2.76. The van der Waals surface area contributed by atoms with Crippen molar-refractivity contribution < 1.29 is 9.90 Å². The first-order valence-corrected chi connectivity index (χ1v) is 10.6. The summed E-state index contributed by atoms with van der Waals surface area (Å²) in [6.07, 6.45) is 3.47. The van der Waals surface area contributed by atoms with Crippen LogP contribution < -0.4 is 10.2 Å². The van der Waals surface area contributed by atoms with E-state index in [2.05, 4.69) is 10.3 Å². The van der Waals surface area contributed by atoms with Gasteiger partial charge in [-0.25, -0.2) is 9.97 Å². The minimum Gasteiger partial charge on any atom is -0.507 e. The van der Waals surface area contributed by atoms with E-state index in [-0.39, 0.29) is 17.6 Å². The van der Waals surface area contributed by atoms with Crippen LogP contribution in [-0.4, -0.2) is 39.1 Å². The fourth-order valence-electron chi connectivity index (χ4n) is 3.83. The van der Waals surface area contributed by atoms with E-state index < -0.39 is 0 Å². The number of phenolic OH excluding ortho intramolecular Hbond substituents is 1. The highest BCUT2D eigenvalue weighted by atomic mass is 16.3. The van der Waals surface area contributed by atoms with Crippen LogP contribution in [0.25, 0.3) is 22.3 Å². The number of benzene rings is 2. The molecule has 0 bridgehead atoms. The number of nitrogens with zero attached hydrogens (tertiary/aromatic N) is 4. The number of aryl methyl sites for hydroxylation is 1. The molecule has 4 aromatic rings. The Morgan fingerprint density at radius 1 is 1.12 bits per heavy atom. The van der Waals surface area contributed by atoms with Gasteiger partial charge < -0.3 is 10.4 Å². The maximum Gasteiger partial charge on any atom is 0.234 e. The maximum absolute atomic E-state index is 13.5. The van der Waals surface area contributed by atoms with Crippen molar-refractivity contribution in [3.63, 3.8) is 0 Å². The Hall–Kier alpha value is -3.84. The van der Waals surface area contributed by atoms with Crippen molar-refractivity contribution in [1.82, 2.24) is 20.3 Å². The Balaban J connectivity index is 1.71. The van der Waals surface area contributed by atoms with Crippen molar-refractivity contribution in [2.75, 3.05) is 18.0 Å². The Morgan fingerprint density at radius 3 is 2.69 bits per heavy atom. The molecule has 0 aliphatic carbocycles. The molecule has 160 valence electrons. The predicted octanol–water partition coefficient (Wildman–Crippen LogP) is 3.46. The number of rotatable bonds is 5. The number of hydrogen-bond donors (Lipinski definition) is 2. The number of fused-ring (bicyclic) bond motifs is 1. The molecule has 2 aromatic carbocycles. The average molecular weight is 425 g/mol. The van der Waals surface area contributed by atoms with Crippen LogP contribution in [0, 0.1) is 12.8 Å². The number of anilines is 1. The molecule has 7 nitrogen and oxygen atoms in total. The number of nitrogens with one attached hydrogen (secondary N) is 1. The summed E-state index contributed by atoms with van der Waals surface area (Å²) in [4.78, 5) is 29.0. The fraction of sp³-hybridized carbons (Fsp3) is 0.200. The molecule has 1 amide bonds. The van der Waals surface area contributed by atoms with Crippen molar-refractivity contribution in [3.8, 4) is 17.1 Å². The molecule has 1 fully saturated rings. The van der Waals surface area contributed by atoms with E-state index in [0.717, 1.165) is 22.0 Å². The van der Waals surface area contributed by atoms with E-state index in [1.165, 1.54) is 0 Å². The van der Waals surface area contributed by atoms with Crippen molar-refractivity contribution in [2.24, 2.45) is 5.92 Å². The van der Waals surface area contributed by atoms with Gasteiger partial charge in [0, 0.05) is 30.9 Å². The molecular formula is C25H23N5O2. The maximum atomic E-state index is 13.5. The van der Waals surface area contributed by atoms with E-state index in [1.54, 1.807) is 35.5 Å². The van der Waals surface area contributed by atoms with Crippen LogP contribution in [0.15, 0.2) is 67.0 Å². The van der Waals surface area contributed by atoms with E-state index >= 15 is 0 Å². The number of phenols is 1. The summed E-state index contributed by atoms with van der Waals surface area (Å²) in [6, 6.07) is 16.7. The zero-order valence-corrected chi connectivity index (χ0v) is 17.7. The van der Waals surface area contributed by atoms with E-state index in [1.807, 2.05) is 43.3 Å². The lowest BCUT2D eigenvalue weighted by atomic mass is 10.0. The molecule has 5 rings (SSSR count). The second-order valence-electron chi connectivity index (χ2n) is 8.05. The van der Waals surface area contributed by atoms with Crippen molar-refractivity contribution in [3.05, 3.63) is 78.1 Å². The molecule has 0 spiro atoms. The number of pyridine rings is 1. The number of aromatic hydroxyl groups is 1. The largest absolute Gasteiger partial charge is 0.507 e. The lowest BCUT2D eigenvalue weighted by Gasteiger charge is -2.32. The standard InChI is InChI=1S/C25H23N5O2/c1-16-8-9-19-21(11-16)28-23(20-6-2-3-7-22(20)31)29-24(19)30(25(32)18-13-27-14-18)15-17-5-4-10-26-12-17/h2-12,18,27,31H,13-15H2,1H3. The van der Waals surface area contributed by atoms with Gasteiger partial charge in [-0.1, -0.05) is 24.3 Å². The van der Waals surface area contributed by atoms with Gasteiger partial charge in [-0.15, -0.1) is 0 Å². The molecular weight excluding hydrogens is 402 g/mol. The lowest BCUT2D eigenvalue weighted by Crippen LogP contribution is -2.52. The van der Waals surface area contributed by atoms with Crippen LogP contribution in [0.2, 0.25) is 0 Å². The summed E-state index contributed by atoms with van der Waals surface area (Å²) in [5, 5.41) is 14.4. The first-order valence-electron chi connectivity index (χ1n) is 10.6. The first kappa shape index (κ1) is 20.1. The summed E-state index contributed by atoms with van der Waals surface area (Å²) in [6.45, 7) is 3.65. The summed E-state index contributed by atoms with van der Waals surface area (Å²) in [5.74, 6) is 0.923. The van der Waals surface area contributed by atoms with Gasteiger partial charge in [0.1, 0.15) is 11.6 Å². The number of amides is 1. The molecule has 0 radical (unpaired) electrons. The van der Waals surface area contributed by atoms with Crippen LogP contribution in [0.3, 0.4) is 0 Å². The summed E-state index contributed by atoms with van der Waals surface area (Å²) >= 11 is 0. The number of carbonyl (C=O) groups is 1. The van der Waals surface area contributed by atoms with Gasteiger partial charge in [-0.05, 0) is 48.4 Å². The molecule has 1 saturated heterocycles. The van der Waals surface area contributed by atoms with Crippen molar-refractivity contribution in [1.29, 1.82) is 0 Å². The molecule has 2 aromatic heterocycles. The van der Waals surface area contributed by atoms with Crippen LogP contribution >= 0.6 is 0 Å². The highest BCUT2D eigenvalue weighted by Gasteiger charge is 2.32. The zero-order chi connectivity index (χ0) is 22.1. The minimum atomic E-state index is -0.101. The molecule has 32 heavy (non-hydrogen) atoms. The molecule has 2 N–H and O–H groups in total. The fourth-order valence-corrected chi connectivity index (χ4v) is 3.83. The monoisotopic (exact) mass is 425 g/mol. The van der Waals surface area contributed by atoms with Gasteiger partial charge in [-0.2, -0.15) is 0 Å². The minimum absolute atomic E-state index is 0.0106. The summed E-state index contributed by atoms with van der Waals surface area (Å²) < 4.78 is 0. The highest BCUT2D eigenvalue weighted by molar-refractivity contribution is 6.03. The Kier molecular flexibility index (Phi) is 5.25. The summed E-state index contributed by atoms with van der Waals surface area (Å²) in [7, 11) is 0. The Labute approximate surface area is 185 Å². The predicted molar refractivity (Wildman–Crippen MR) is 123 cm³/mol. The molecule has 0 unspecified atom stereocenters. The molecule has 7 heteroatoms. The van der Waals surface area contributed by atoms with Crippen LogP contribution in [0.5, 0.6) is 5.75 Å². The van der Waals surface area contributed by atoms with Crippen molar-refractivity contribution >= 4 is 22.6 Å². The van der Waals surface area contributed by atoms with Gasteiger partial charge in [0.2, 0.25) is 5.91 Å². The van der Waals surface area contributed by atoms with E-state index in [4.69, 9.17) is 9.97 Å². The Morgan fingerprint density at radius 2 is 1.97 bits per heavy atom. The van der Waals surface area contributed by atoms with E-state index in [0.29, 0.717) is 36.8 Å². The van der Waals surface area contributed by atoms with Gasteiger partial charge in [0.15, 0.2) is 5.82 Å². The quantitative estimate of drug-likeness (QED) is 0.509. The number of aromatic nitrogens is 3. The molecule has 0 atom stereocenters. The van der Waals surface area contributed by atoms with Gasteiger partial charge in [0.25, 0.3) is 0 Å². The van der Waals surface area contributed by atoms with Crippen LogP contribution in [0.1, 0.15) is 11.1 Å². The normalized spacial score (nSPS) is 13.7. The molecule has 3 heterocycles. The smallest absolute Gasteiger partial charge is 0.234 e. The van der Waals surface area contributed by atoms with Gasteiger partial charge >= 0.3 is 0 Å². The molecule has 1 aliphatic rings. The van der Waals surface area contributed by atoms with Gasteiger partial charge in [0.05, 0.1) is 23.5 Å². The third kappa shape index (κ3) is 3.78. The molecule has 0 saturated carbocycles. The molecule has 1 aliphatic heterocycles. The highest BCUT2D eigenvalue weighted by Crippen LogP contribution is 2.33.